The molecule has 0 spiro atoms. The van der Waals surface area contributed by atoms with Crippen LogP contribution in [0, 0.1) is 0 Å². The Morgan fingerprint density at radius 1 is 1.00 bits per heavy atom. The first-order valence-electron chi connectivity index (χ1n) is 10.1. The number of hydrogen-bond acceptors (Lipinski definition) is 2. The number of hydrogen-bond donors (Lipinski definition) is 0. The van der Waals surface area contributed by atoms with E-state index in [1.54, 1.807) is 0 Å². The monoisotopic (exact) mass is 327 g/mol. The van der Waals surface area contributed by atoms with Crippen molar-refractivity contribution >= 4 is 11.0 Å². The minimum atomic E-state index is 0.697. The molecule has 0 radical (unpaired) electrons. The maximum absolute atomic E-state index is 4.56. The summed E-state index contributed by atoms with van der Waals surface area (Å²) in [5.74, 6) is 0. The van der Waals surface area contributed by atoms with Crippen LogP contribution in [-0.2, 0) is 0 Å². The fraction of sp³-hybridized carbons (Fsp3) is 0.667. The molecule has 1 aliphatic heterocycles. The zero-order valence-corrected chi connectivity index (χ0v) is 15.3. The normalized spacial score (nSPS) is 17.9. The third kappa shape index (κ3) is 4.31. The van der Waals surface area contributed by atoms with Gasteiger partial charge in [-0.05, 0) is 31.4 Å². The highest BCUT2D eigenvalue weighted by molar-refractivity contribution is 5.75. The Balaban J connectivity index is 1.44. The average molecular weight is 328 g/mol. The Bertz CT molecular complexity index is 604. The summed E-state index contributed by atoms with van der Waals surface area (Å²) in [6, 6.07) is 9.18. The number of unbranched alkanes of at least 4 members (excludes halogenated alkanes) is 7. The highest BCUT2D eigenvalue weighted by atomic mass is 15.6. The van der Waals surface area contributed by atoms with E-state index in [4.69, 9.17) is 0 Å². The SMILES string of the molecule is CCCCCCCCCC[C@H]1CCCN1n1cnc2ccccc21. The van der Waals surface area contributed by atoms with Crippen molar-refractivity contribution in [3.63, 3.8) is 0 Å². The molecule has 0 amide bonds. The number of rotatable bonds is 10. The first-order valence-corrected chi connectivity index (χ1v) is 10.1. The van der Waals surface area contributed by atoms with Gasteiger partial charge in [-0.25, -0.2) is 9.66 Å². The van der Waals surface area contributed by atoms with E-state index in [-0.39, 0.29) is 0 Å². The highest BCUT2D eigenvalue weighted by Crippen LogP contribution is 2.24. The van der Waals surface area contributed by atoms with Crippen LogP contribution in [0.25, 0.3) is 11.0 Å². The van der Waals surface area contributed by atoms with Crippen LogP contribution >= 0.6 is 0 Å². The number of aromatic nitrogens is 2. The van der Waals surface area contributed by atoms with Crippen molar-refractivity contribution in [3.8, 4) is 0 Å². The van der Waals surface area contributed by atoms with Gasteiger partial charge in [0, 0.05) is 12.6 Å². The lowest BCUT2D eigenvalue weighted by Gasteiger charge is -2.28. The zero-order valence-electron chi connectivity index (χ0n) is 15.3. The summed E-state index contributed by atoms with van der Waals surface area (Å²) in [7, 11) is 0. The van der Waals surface area contributed by atoms with E-state index in [9.17, 15) is 0 Å². The molecule has 1 saturated heterocycles. The highest BCUT2D eigenvalue weighted by Gasteiger charge is 2.25. The topological polar surface area (TPSA) is 21.1 Å². The van der Waals surface area contributed by atoms with E-state index in [1.165, 1.54) is 82.7 Å². The fourth-order valence-electron chi connectivity index (χ4n) is 4.06. The number of benzene rings is 1. The molecule has 1 aromatic carbocycles. The molecule has 0 N–H and O–H groups in total. The van der Waals surface area contributed by atoms with Gasteiger partial charge in [-0.1, -0.05) is 70.4 Å². The average Bonchev–Trinajstić information content (AvgIpc) is 3.23. The van der Waals surface area contributed by atoms with Crippen LogP contribution in [0.2, 0.25) is 0 Å². The molecule has 1 aromatic heterocycles. The Morgan fingerprint density at radius 2 is 1.75 bits per heavy atom. The maximum Gasteiger partial charge on any atom is 0.116 e. The summed E-state index contributed by atoms with van der Waals surface area (Å²) in [5.41, 5.74) is 2.36. The Kier molecular flexibility index (Phi) is 6.57. The minimum absolute atomic E-state index is 0.697. The Morgan fingerprint density at radius 3 is 2.58 bits per heavy atom. The van der Waals surface area contributed by atoms with Gasteiger partial charge in [0.2, 0.25) is 0 Å². The second-order valence-corrected chi connectivity index (χ2v) is 7.30. The first kappa shape index (κ1) is 17.3. The minimum Gasteiger partial charge on any atom is -0.308 e. The summed E-state index contributed by atoms with van der Waals surface area (Å²) in [6.07, 6.45) is 17.3. The summed E-state index contributed by atoms with van der Waals surface area (Å²) >= 11 is 0. The lowest BCUT2D eigenvalue weighted by atomic mass is 10.0. The lowest BCUT2D eigenvalue weighted by molar-refractivity contribution is 0.481. The Labute approximate surface area is 147 Å². The smallest absolute Gasteiger partial charge is 0.116 e. The van der Waals surface area contributed by atoms with Crippen molar-refractivity contribution in [2.45, 2.75) is 83.6 Å². The molecular weight excluding hydrogens is 294 g/mol. The molecule has 1 fully saturated rings. The summed E-state index contributed by atoms with van der Waals surface area (Å²) < 4.78 is 2.30. The third-order valence-corrected chi connectivity index (χ3v) is 5.45. The number of fused-ring (bicyclic) bond motifs is 1. The van der Waals surface area contributed by atoms with Gasteiger partial charge in [-0.15, -0.1) is 0 Å². The molecule has 1 aliphatic rings. The molecule has 3 rings (SSSR count). The fourth-order valence-corrected chi connectivity index (χ4v) is 4.06. The molecule has 0 aliphatic carbocycles. The van der Waals surface area contributed by atoms with Crippen molar-refractivity contribution in [1.82, 2.24) is 9.66 Å². The molecule has 0 saturated carbocycles. The molecule has 132 valence electrons. The molecular formula is C21H33N3. The zero-order chi connectivity index (χ0) is 16.6. The van der Waals surface area contributed by atoms with E-state index >= 15 is 0 Å². The molecule has 3 heteroatoms. The van der Waals surface area contributed by atoms with Crippen LogP contribution in [0.4, 0.5) is 0 Å². The van der Waals surface area contributed by atoms with E-state index in [2.05, 4.69) is 45.9 Å². The van der Waals surface area contributed by atoms with Crippen LogP contribution < -0.4 is 5.01 Å². The van der Waals surface area contributed by atoms with Crippen molar-refractivity contribution in [1.29, 1.82) is 0 Å². The van der Waals surface area contributed by atoms with Crippen molar-refractivity contribution in [2.75, 3.05) is 11.6 Å². The molecule has 0 bridgehead atoms. The van der Waals surface area contributed by atoms with Gasteiger partial charge in [0.15, 0.2) is 0 Å². The number of para-hydroxylation sites is 2. The van der Waals surface area contributed by atoms with Crippen molar-refractivity contribution < 1.29 is 0 Å². The van der Waals surface area contributed by atoms with E-state index in [0.29, 0.717) is 6.04 Å². The quantitative estimate of drug-likeness (QED) is 0.524. The van der Waals surface area contributed by atoms with Crippen molar-refractivity contribution in [2.24, 2.45) is 0 Å². The molecule has 0 unspecified atom stereocenters. The van der Waals surface area contributed by atoms with Gasteiger partial charge in [-0.3, -0.25) is 0 Å². The molecule has 1 atom stereocenters. The summed E-state index contributed by atoms with van der Waals surface area (Å²) in [4.78, 5) is 4.56. The van der Waals surface area contributed by atoms with Crippen LogP contribution in [0.3, 0.4) is 0 Å². The second kappa shape index (κ2) is 9.10. The first-order chi connectivity index (χ1) is 11.9. The predicted molar refractivity (Wildman–Crippen MR) is 103 cm³/mol. The van der Waals surface area contributed by atoms with Crippen LogP contribution in [0.1, 0.15) is 77.6 Å². The number of imidazole rings is 1. The lowest BCUT2D eigenvalue weighted by Crippen LogP contribution is -2.38. The standard InChI is InChI=1S/C21H33N3/c1-2-3-4-5-6-7-8-9-13-19-14-12-17-23(19)24-18-22-20-15-10-11-16-21(20)24/h10-11,15-16,18-19H,2-9,12-14,17H2,1H3/t19-/m0/s1. The van der Waals surface area contributed by atoms with E-state index < -0.39 is 0 Å². The Hall–Kier alpha value is -1.51. The molecule has 2 aromatic rings. The largest absolute Gasteiger partial charge is 0.308 e. The van der Waals surface area contributed by atoms with Gasteiger partial charge in [0.1, 0.15) is 6.33 Å². The van der Waals surface area contributed by atoms with Crippen LogP contribution in [0.5, 0.6) is 0 Å². The van der Waals surface area contributed by atoms with E-state index in [1.807, 2.05) is 6.33 Å². The maximum atomic E-state index is 4.56. The summed E-state index contributed by atoms with van der Waals surface area (Å²) in [5, 5.41) is 2.55. The molecule has 24 heavy (non-hydrogen) atoms. The predicted octanol–water partition coefficient (Wildman–Crippen LogP) is 5.67. The van der Waals surface area contributed by atoms with Crippen LogP contribution in [0.15, 0.2) is 30.6 Å². The van der Waals surface area contributed by atoms with Gasteiger partial charge in [-0.2, -0.15) is 0 Å². The van der Waals surface area contributed by atoms with Crippen LogP contribution in [-0.4, -0.2) is 22.2 Å². The third-order valence-electron chi connectivity index (χ3n) is 5.45. The van der Waals surface area contributed by atoms with Gasteiger partial charge < -0.3 is 5.01 Å². The van der Waals surface area contributed by atoms with Crippen molar-refractivity contribution in [3.05, 3.63) is 30.6 Å². The molecule has 3 nitrogen and oxygen atoms in total. The number of nitrogens with zero attached hydrogens (tertiary/aromatic N) is 3. The summed E-state index contributed by atoms with van der Waals surface area (Å²) in [6.45, 7) is 3.46. The van der Waals surface area contributed by atoms with Gasteiger partial charge >= 0.3 is 0 Å². The van der Waals surface area contributed by atoms with Gasteiger partial charge in [0.25, 0.3) is 0 Å². The second-order valence-electron chi connectivity index (χ2n) is 7.30. The molecule has 2 heterocycles. The van der Waals surface area contributed by atoms with Gasteiger partial charge in [0.05, 0.1) is 11.0 Å². The van der Waals surface area contributed by atoms with E-state index in [0.717, 1.165) is 5.52 Å².